The maximum absolute atomic E-state index is 12.8. The average molecular weight is 400 g/mol. The first-order valence-electron chi connectivity index (χ1n) is 10.7. The summed E-state index contributed by atoms with van der Waals surface area (Å²) in [6, 6.07) is 5.63. The number of hydrogen-bond acceptors (Lipinski definition) is 4. The molecule has 0 spiro atoms. The zero-order chi connectivity index (χ0) is 20.5. The molecule has 1 aromatic carbocycles. The fourth-order valence-electron chi connectivity index (χ4n) is 4.97. The third-order valence-electron chi connectivity index (χ3n) is 6.50. The molecule has 2 N–H and O–H groups in total. The zero-order valence-electron chi connectivity index (χ0n) is 17.2. The van der Waals surface area contributed by atoms with Gasteiger partial charge in [-0.25, -0.2) is 4.79 Å². The summed E-state index contributed by atoms with van der Waals surface area (Å²) in [6.45, 7) is 6.84. The van der Waals surface area contributed by atoms with Crippen molar-refractivity contribution in [1.82, 2.24) is 9.80 Å². The number of carbonyl (C=O) groups excluding carboxylic acids is 2. The van der Waals surface area contributed by atoms with Crippen molar-refractivity contribution in [1.29, 1.82) is 0 Å². The van der Waals surface area contributed by atoms with Crippen LogP contribution in [0.5, 0.6) is 5.75 Å². The summed E-state index contributed by atoms with van der Waals surface area (Å²) in [5.74, 6) is 0.346. The van der Waals surface area contributed by atoms with E-state index in [0.29, 0.717) is 31.0 Å². The molecule has 2 amide bonds. The fraction of sp³-hybridized carbons (Fsp3) is 0.591. The lowest BCUT2D eigenvalue weighted by atomic mass is 10.1. The van der Waals surface area contributed by atoms with E-state index in [0.717, 1.165) is 37.2 Å². The van der Waals surface area contributed by atoms with Crippen LogP contribution in [0.25, 0.3) is 0 Å². The minimum absolute atomic E-state index is 0.110. The highest BCUT2D eigenvalue weighted by molar-refractivity contribution is 6.01. The van der Waals surface area contributed by atoms with Gasteiger partial charge in [0.1, 0.15) is 11.9 Å². The van der Waals surface area contributed by atoms with Gasteiger partial charge in [-0.1, -0.05) is 13.8 Å². The van der Waals surface area contributed by atoms with Crippen molar-refractivity contribution in [2.24, 2.45) is 0 Å². The van der Waals surface area contributed by atoms with Crippen LogP contribution >= 0.6 is 0 Å². The molecule has 3 aliphatic rings. The molecule has 7 heteroatoms. The van der Waals surface area contributed by atoms with Crippen molar-refractivity contribution in [3.63, 3.8) is 0 Å². The van der Waals surface area contributed by atoms with Gasteiger partial charge in [0.2, 0.25) is 0 Å². The van der Waals surface area contributed by atoms with Gasteiger partial charge in [-0.2, -0.15) is 0 Å². The van der Waals surface area contributed by atoms with E-state index in [9.17, 15) is 14.7 Å². The van der Waals surface area contributed by atoms with Crippen LogP contribution in [0.2, 0.25) is 0 Å². The van der Waals surface area contributed by atoms with Gasteiger partial charge in [-0.15, -0.1) is 4.99 Å². The number of rotatable bonds is 6. The van der Waals surface area contributed by atoms with Crippen LogP contribution in [-0.2, 0) is 11.3 Å². The number of aliphatic hydroxyl groups is 1. The van der Waals surface area contributed by atoms with Crippen LogP contribution in [-0.4, -0.2) is 63.9 Å². The van der Waals surface area contributed by atoms with Gasteiger partial charge in [0.05, 0.1) is 6.42 Å². The Labute approximate surface area is 171 Å². The molecule has 0 aromatic heterocycles. The monoisotopic (exact) mass is 400 g/mol. The molecule has 0 bridgehead atoms. The molecular weight excluding hydrogens is 370 g/mol. The smallest absolute Gasteiger partial charge is 0.388 e. The Bertz CT molecular complexity index is 833. The first-order chi connectivity index (χ1) is 14.0. The quantitative estimate of drug-likeness (QED) is 0.745. The Morgan fingerprint density at radius 2 is 2.00 bits per heavy atom. The van der Waals surface area contributed by atoms with Gasteiger partial charge < -0.3 is 14.7 Å². The summed E-state index contributed by atoms with van der Waals surface area (Å²) in [5, 5.41) is 10.1. The molecule has 1 saturated carbocycles. The molecule has 156 valence electrons. The van der Waals surface area contributed by atoms with E-state index in [1.54, 1.807) is 4.90 Å². The molecule has 1 aliphatic carbocycles. The van der Waals surface area contributed by atoms with E-state index in [4.69, 9.17) is 4.74 Å². The van der Waals surface area contributed by atoms with Gasteiger partial charge in [-0.3, -0.25) is 9.69 Å². The number of ether oxygens (including phenoxy) is 1. The van der Waals surface area contributed by atoms with Crippen molar-refractivity contribution in [3.05, 3.63) is 29.3 Å². The van der Waals surface area contributed by atoms with Crippen LogP contribution in [0.15, 0.2) is 18.2 Å². The lowest BCUT2D eigenvalue weighted by molar-refractivity contribution is -0.394. The maximum Gasteiger partial charge on any atom is 0.388 e. The van der Waals surface area contributed by atoms with Crippen LogP contribution in [0.1, 0.15) is 61.9 Å². The maximum atomic E-state index is 12.8. The van der Waals surface area contributed by atoms with E-state index in [1.165, 1.54) is 6.42 Å². The van der Waals surface area contributed by atoms with Gasteiger partial charge in [0.15, 0.2) is 6.04 Å². The number of amides is 2. The average Bonchev–Trinajstić information content (AvgIpc) is 3.28. The second kappa shape index (κ2) is 8.14. The predicted octanol–water partition coefficient (Wildman–Crippen LogP) is 1.01. The summed E-state index contributed by atoms with van der Waals surface area (Å²) in [5.41, 5.74) is 1.56. The zero-order valence-corrected chi connectivity index (χ0v) is 17.2. The Hall–Kier alpha value is -2.41. The van der Waals surface area contributed by atoms with Crippen molar-refractivity contribution >= 4 is 17.7 Å². The second-order valence-corrected chi connectivity index (χ2v) is 8.12. The van der Waals surface area contributed by atoms with Gasteiger partial charge in [-0.05, 0) is 62.5 Å². The van der Waals surface area contributed by atoms with Crippen LogP contribution in [0, 0.1) is 0 Å². The Balaban J connectivity index is 1.49. The number of carbonyl (C=O) groups is 2. The van der Waals surface area contributed by atoms with Crippen LogP contribution in [0.3, 0.4) is 0 Å². The minimum Gasteiger partial charge on any atom is -0.489 e. The number of benzene rings is 1. The summed E-state index contributed by atoms with van der Waals surface area (Å²) in [4.78, 5) is 30.8. The highest BCUT2D eigenvalue weighted by Crippen LogP contribution is 2.32. The summed E-state index contributed by atoms with van der Waals surface area (Å²) in [6.07, 6.45) is 4.30. The third-order valence-corrected chi connectivity index (χ3v) is 6.50. The highest BCUT2D eigenvalue weighted by atomic mass is 16.5. The van der Waals surface area contributed by atoms with Crippen LogP contribution in [0.4, 0.5) is 0 Å². The Morgan fingerprint density at radius 1 is 1.21 bits per heavy atom. The van der Waals surface area contributed by atoms with E-state index >= 15 is 0 Å². The molecule has 29 heavy (non-hydrogen) atoms. The molecule has 4 rings (SSSR count). The molecule has 0 radical (unpaired) electrons. The standard InChI is InChI=1S/C22H29N3O4/c1-3-24(4-2)17-6-5-7-19(17)29-15-8-9-16-14(12-15)13-25(22(16)28)18-10-11-20(26)23-21(18)27/h8-9,12,17-19H,3-7,10-11,13H2,1-2H3,(H,23,26,27)/p+1/t17-,18?,19-/m0/s1. The lowest BCUT2D eigenvalue weighted by Crippen LogP contribution is -2.82. The van der Waals surface area contributed by atoms with E-state index in [-0.39, 0.29) is 23.8 Å². The largest absolute Gasteiger partial charge is 0.489 e. The molecule has 7 nitrogen and oxygen atoms in total. The Morgan fingerprint density at radius 3 is 2.72 bits per heavy atom. The topological polar surface area (TPSA) is 84.1 Å². The number of nitrogens with zero attached hydrogens (tertiary/aromatic N) is 2. The lowest BCUT2D eigenvalue weighted by Gasteiger charge is -2.31. The third kappa shape index (κ3) is 3.75. The van der Waals surface area contributed by atoms with E-state index in [2.05, 4.69) is 23.7 Å². The fourth-order valence-corrected chi connectivity index (χ4v) is 4.97. The molecule has 2 aliphatic heterocycles. The van der Waals surface area contributed by atoms with Crippen molar-refractivity contribution < 1.29 is 24.4 Å². The number of hydrogen-bond donors (Lipinski definition) is 2. The Kier molecular flexibility index (Phi) is 5.58. The van der Waals surface area contributed by atoms with E-state index < -0.39 is 6.04 Å². The molecule has 2 heterocycles. The molecule has 1 unspecified atom stereocenters. The van der Waals surface area contributed by atoms with Crippen molar-refractivity contribution in [3.8, 4) is 5.75 Å². The van der Waals surface area contributed by atoms with Crippen molar-refractivity contribution in [2.45, 2.75) is 70.7 Å². The predicted molar refractivity (Wildman–Crippen MR) is 108 cm³/mol. The second-order valence-electron chi connectivity index (χ2n) is 8.12. The van der Waals surface area contributed by atoms with Crippen molar-refractivity contribution in [2.75, 3.05) is 13.1 Å². The summed E-state index contributed by atoms with van der Waals surface area (Å²) < 4.78 is 6.37. The molecular formula is C22H30N3O4+. The van der Waals surface area contributed by atoms with Crippen LogP contribution < -0.4 is 9.73 Å². The summed E-state index contributed by atoms with van der Waals surface area (Å²) >= 11 is 0. The van der Waals surface area contributed by atoms with Gasteiger partial charge in [0.25, 0.3) is 5.91 Å². The number of nitrogens with one attached hydrogen (secondary N) is 1. The molecule has 0 saturated heterocycles. The first kappa shape index (κ1) is 19.9. The van der Waals surface area contributed by atoms with Gasteiger partial charge >= 0.3 is 11.8 Å². The number of likely N-dealkylation sites (N-methyl/N-ethyl adjacent to an activating group) is 1. The molecule has 1 fully saturated rings. The van der Waals surface area contributed by atoms with E-state index in [1.807, 2.05) is 18.2 Å². The molecule has 3 atom stereocenters. The minimum atomic E-state index is -0.473. The number of fused-ring (bicyclic) bond motifs is 1. The summed E-state index contributed by atoms with van der Waals surface area (Å²) in [7, 11) is 0. The SMILES string of the molecule is CCN(CC)[C@H]1CCC[C@@H]1Oc1ccc2c(c1)CN(C1CCC(=O)[NH+]=C1O)C2=O. The normalized spacial score (nSPS) is 26.8. The first-order valence-corrected chi connectivity index (χ1v) is 10.7. The molecule has 1 aromatic rings. The highest BCUT2D eigenvalue weighted by Gasteiger charge is 2.41. The van der Waals surface area contributed by atoms with Gasteiger partial charge in [0, 0.05) is 18.2 Å². The number of aliphatic hydroxyl groups excluding tert-OH is 1.